The maximum Gasteiger partial charge on any atom is 0.307 e. The molecule has 0 bridgehead atoms. The summed E-state index contributed by atoms with van der Waals surface area (Å²) < 4.78 is 0. The van der Waals surface area contributed by atoms with Crippen molar-refractivity contribution in [2.75, 3.05) is 11.9 Å². The number of aliphatic carboxylic acids is 1. The van der Waals surface area contributed by atoms with Crippen molar-refractivity contribution in [3.8, 4) is 0 Å². The summed E-state index contributed by atoms with van der Waals surface area (Å²) >= 11 is 0. The molecule has 1 aromatic rings. The van der Waals surface area contributed by atoms with Crippen LogP contribution < -0.4 is 5.32 Å². The van der Waals surface area contributed by atoms with E-state index in [4.69, 9.17) is 4.84 Å². The molecule has 0 saturated carbocycles. The molecule has 2 atom stereocenters. The van der Waals surface area contributed by atoms with E-state index >= 15 is 0 Å². The second-order valence-corrected chi connectivity index (χ2v) is 8.23. The topological polar surface area (TPSA) is 95.9 Å². The highest BCUT2D eigenvalue weighted by atomic mass is 16.7. The summed E-state index contributed by atoms with van der Waals surface area (Å²) in [5.74, 6) is -2.57. The van der Waals surface area contributed by atoms with Crippen LogP contribution in [0.25, 0.3) is 0 Å². The molecule has 28 heavy (non-hydrogen) atoms. The molecular formula is C21H26N2O5. The predicted molar refractivity (Wildman–Crippen MR) is 103 cm³/mol. The zero-order chi connectivity index (χ0) is 20.5. The van der Waals surface area contributed by atoms with E-state index in [-0.39, 0.29) is 11.8 Å². The van der Waals surface area contributed by atoms with Crippen molar-refractivity contribution < 1.29 is 24.3 Å². The van der Waals surface area contributed by atoms with Gasteiger partial charge in [-0.3, -0.25) is 19.2 Å². The van der Waals surface area contributed by atoms with Crippen LogP contribution in [-0.4, -0.2) is 34.6 Å². The first-order chi connectivity index (χ1) is 13.2. The van der Waals surface area contributed by atoms with E-state index in [1.54, 1.807) is 12.1 Å². The molecule has 1 aliphatic heterocycles. The first kappa shape index (κ1) is 20.1. The molecule has 1 aromatic carbocycles. The molecule has 2 N–H and O–H groups in total. The van der Waals surface area contributed by atoms with Crippen LogP contribution in [0.1, 0.15) is 39.2 Å². The number of carbonyl (C=O) groups is 3. The summed E-state index contributed by atoms with van der Waals surface area (Å²) in [5.41, 5.74) is 2.00. The van der Waals surface area contributed by atoms with Gasteiger partial charge in [0.05, 0.1) is 30.4 Å². The normalized spacial score (nSPS) is 24.0. The molecule has 7 heteroatoms. The Bertz CT molecular complexity index is 813. The van der Waals surface area contributed by atoms with Gasteiger partial charge in [0.1, 0.15) is 0 Å². The minimum Gasteiger partial charge on any atom is -0.481 e. The summed E-state index contributed by atoms with van der Waals surface area (Å²) in [5, 5.41) is 13.6. The lowest BCUT2D eigenvalue weighted by Crippen LogP contribution is -2.35. The van der Waals surface area contributed by atoms with Gasteiger partial charge >= 0.3 is 5.97 Å². The van der Waals surface area contributed by atoms with Crippen molar-refractivity contribution in [3.63, 3.8) is 0 Å². The minimum absolute atomic E-state index is 0.0506. The summed E-state index contributed by atoms with van der Waals surface area (Å²) in [6.07, 6.45) is 2.71. The van der Waals surface area contributed by atoms with Gasteiger partial charge in [0, 0.05) is 5.69 Å². The van der Waals surface area contributed by atoms with Gasteiger partial charge in [-0.2, -0.15) is 0 Å². The number of allylic oxidation sites excluding steroid dienone is 2. The highest BCUT2D eigenvalue weighted by Gasteiger charge is 2.40. The molecule has 1 heterocycles. The van der Waals surface area contributed by atoms with E-state index in [1.807, 2.05) is 39.0 Å². The van der Waals surface area contributed by atoms with E-state index in [9.17, 15) is 19.5 Å². The van der Waals surface area contributed by atoms with Gasteiger partial charge in [0.15, 0.2) is 0 Å². The average molecular weight is 386 g/mol. The fourth-order valence-electron chi connectivity index (χ4n) is 3.52. The van der Waals surface area contributed by atoms with Gasteiger partial charge in [-0.05, 0) is 51.3 Å². The Morgan fingerprint density at radius 3 is 2.50 bits per heavy atom. The zero-order valence-electron chi connectivity index (χ0n) is 16.4. The molecule has 1 fully saturated rings. The highest BCUT2D eigenvalue weighted by Crippen LogP contribution is 2.31. The maximum absolute atomic E-state index is 12.6. The van der Waals surface area contributed by atoms with E-state index in [0.717, 1.165) is 11.1 Å². The predicted octanol–water partition coefficient (Wildman–Crippen LogP) is 2.98. The second kappa shape index (κ2) is 7.75. The van der Waals surface area contributed by atoms with Crippen LogP contribution in [0.5, 0.6) is 0 Å². The lowest BCUT2D eigenvalue weighted by Gasteiger charge is -2.26. The van der Waals surface area contributed by atoms with E-state index in [1.165, 1.54) is 5.06 Å². The van der Waals surface area contributed by atoms with Gasteiger partial charge in [0.2, 0.25) is 5.91 Å². The van der Waals surface area contributed by atoms with E-state index in [2.05, 4.69) is 5.32 Å². The number of anilines is 1. The van der Waals surface area contributed by atoms with Gasteiger partial charge < -0.3 is 10.4 Å². The lowest BCUT2D eigenvalue weighted by molar-refractivity contribution is -0.165. The van der Waals surface area contributed by atoms with Crippen molar-refractivity contribution in [3.05, 3.63) is 41.5 Å². The standard InChI is InChI=1S/C21H26N2O5/c1-13-4-9-16(19(25)26)17(10-13)18(24)22-15-7-5-14(6-8-15)11-23-20(27)21(2,3)12-28-23/h4-8,16-17H,9-12H2,1-3H3,(H,22,24)(H,25,26)/t16-,17+/m0/s1. The Balaban J connectivity index is 1.62. The number of rotatable bonds is 5. The summed E-state index contributed by atoms with van der Waals surface area (Å²) in [4.78, 5) is 41.8. The largest absolute Gasteiger partial charge is 0.481 e. The number of benzene rings is 1. The Kier molecular flexibility index (Phi) is 5.56. The summed E-state index contributed by atoms with van der Waals surface area (Å²) in [6, 6.07) is 7.14. The Hall–Kier alpha value is -2.67. The molecule has 0 spiro atoms. The maximum atomic E-state index is 12.6. The third-order valence-corrected chi connectivity index (χ3v) is 5.34. The molecule has 0 radical (unpaired) electrons. The first-order valence-electron chi connectivity index (χ1n) is 9.40. The third kappa shape index (κ3) is 4.25. The molecule has 2 aliphatic rings. The molecule has 1 aliphatic carbocycles. The molecule has 2 amide bonds. The number of hydrogen-bond donors (Lipinski definition) is 2. The van der Waals surface area contributed by atoms with Gasteiger partial charge in [-0.25, -0.2) is 5.06 Å². The fourth-order valence-corrected chi connectivity index (χ4v) is 3.52. The quantitative estimate of drug-likeness (QED) is 0.759. The smallest absolute Gasteiger partial charge is 0.307 e. The van der Waals surface area contributed by atoms with Crippen LogP contribution in [0.3, 0.4) is 0 Å². The second-order valence-electron chi connectivity index (χ2n) is 8.23. The van der Waals surface area contributed by atoms with Gasteiger partial charge in [-0.1, -0.05) is 23.8 Å². The fraction of sp³-hybridized carbons (Fsp3) is 0.476. The molecule has 0 aromatic heterocycles. The molecule has 1 saturated heterocycles. The number of hydroxylamine groups is 2. The summed E-state index contributed by atoms with van der Waals surface area (Å²) in [7, 11) is 0. The molecule has 150 valence electrons. The Morgan fingerprint density at radius 1 is 1.25 bits per heavy atom. The minimum atomic E-state index is -0.947. The Labute approximate surface area is 164 Å². The first-order valence-corrected chi connectivity index (χ1v) is 9.40. The lowest BCUT2D eigenvalue weighted by atomic mass is 9.79. The number of nitrogens with zero attached hydrogens (tertiary/aromatic N) is 1. The Morgan fingerprint density at radius 2 is 1.93 bits per heavy atom. The van der Waals surface area contributed by atoms with Crippen LogP contribution in [0.15, 0.2) is 35.9 Å². The van der Waals surface area contributed by atoms with Crippen LogP contribution in [0.4, 0.5) is 5.69 Å². The van der Waals surface area contributed by atoms with Crippen LogP contribution >= 0.6 is 0 Å². The van der Waals surface area contributed by atoms with Crippen molar-refractivity contribution in [1.82, 2.24) is 5.06 Å². The van der Waals surface area contributed by atoms with Gasteiger partial charge in [-0.15, -0.1) is 0 Å². The molecule has 3 rings (SSSR count). The third-order valence-electron chi connectivity index (χ3n) is 5.34. The number of nitrogens with one attached hydrogen (secondary N) is 1. The number of carbonyl (C=O) groups excluding carboxylic acids is 2. The number of amides is 2. The molecule has 0 unspecified atom stereocenters. The van der Waals surface area contributed by atoms with Crippen molar-refractivity contribution in [1.29, 1.82) is 0 Å². The molecular weight excluding hydrogens is 360 g/mol. The van der Waals surface area contributed by atoms with Crippen LogP contribution in [0, 0.1) is 17.3 Å². The van der Waals surface area contributed by atoms with Crippen molar-refractivity contribution in [2.45, 2.75) is 40.2 Å². The van der Waals surface area contributed by atoms with E-state index in [0.29, 0.717) is 31.7 Å². The average Bonchev–Trinajstić information content (AvgIpc) is 2.90. The van der Waals surface area contributed by atoms with Crippen LogP contribution in [-0.2, 0) is 25.8 Å². The number of carboxylic acid groups (broad SMARTS) is 1. The zero-order valence-corrected chi connectivity index (χ0v) is 16.4. The van der Waals surface area contributed by atoms with Crippen molar-refractivity contribution in [2.24, 2.45) is 17.3 Å². The van der Waals surface area contributed by atoms with Crippen molar-refractivity contribution >= 4 is 23.5 Å². The highest BCUT2D eigenvalue weighted by molar-refractivity contribution is 5.95. The molecule has 7 nitrogen and oxygen atoms in total. The summed E-state index contributed by atoms with van der Waals surface area (Å²) in [6.45, 7) is 6.31. The van der Waals surface area contributed by atoms with E-state index < -0.39 is 23.2 Å². The monoisotopic (exact) mass is 386 g/mol. The number of carboxylic acids is 1. The SMILES string of the molecule is CC1=CC[C@H](C(=O)O)[C@H](C(=O)Nc2ccc(CN3OCC(C)(C)C3=O)cc2)C1. The number of hydrogen-bond acceptors (Lipinski definition) is 4. The van der Waals surface area contributed by atoms with Crippen LogP contribution in [0.2, 0.25) is 0 Å². The van der Waals surface area contributed by atoms with Gasteiger partial charge in [0.25, 0.3) is 5.91 Å².